The van der Waals surface area contributed by atoms with E-state index in [1.54, 1.807) is 0 Å². The number of aryl methyl sites for hydroxylation is 1. The summed E-state index contributed by atoms with van der Waals surface area (Å²) in [4.78, 5) is 7.43. The van der Waals surface area contributed by atoms with E-state index in [0.29, 0.717) is 5.15 Å². The Kier molecular flexibility index (Phi) is 2.64. The predicted molar refractivity (Wildman–Crippen MR) is 62.8 cm³/mol. The van der Waals surface area contributed by atoms with Crippen LogP contribution in [0.4, 0.5) is 5.69 Å². The Morgan fingerprint density at radius 2 is 2.00 bits per heavy atom. The molecule has 2 rings (SSSR count). The van der Waals surface area contributed by atoms with Crippen LogP contribution in [0.15, 0.2) is 24.3 Å². The molecule has 0 spiro atoms. The van der Waals surface area contributed by atoms with Gasteiger partial charge in [0.1, 0.15) is 16.7 Å². The summed E-state index contributed by atoms with van der Waals surface area (Å²) in [6.07, 6.45) is 0.842. The summed E-state index contributed by atoms with van der Waals surface area (Å²) in [5, 5.41) is 0.580. The first kappa shape index (κ1) is 10.1. The maximum atomic E-state index is 6.05. The topological polar surface area (TPSA) is 54.7 Å². The van der Waals surface area contributed by atoms with Crippen molar-refractivity contribution in [2.24, 2.45) is 0 Å². The zero-order valence-electron chi connectivity index (χ0n) is 8.42. The second kappa shape index (κ2) is 3.95. The Morgan fingerprint density at radius 1 is 1.33 bits per heavy atom. The van der Waals surface area contributed by atoms with Gasteiger partial charge in [0.05, 0.1) is 0 Å². The van der Waals surface area contributed by atoms with E-state index in [1.807, 2.05) is 31.2 Å². The number of nitrogens with two attached hydrogens (primary N) is 1. The highest BCUT2D eigenvalue weighted by molar-refractivity contribution is 6.31. The SMILES string of the molecule is CCc1nc(-c2ccc(N)cc2)c(Cl)[nH]1. The summed E-state index contributed by atoms with van der Waals surface area (Å²) < 4.78 is 0. The van der Waals surface area contributed by atoms with Crippen LogP contribution >= 0.6 is 11.6 Å². The summed E-state index contributed by atoms with van der Waals surface area (Å²) in [6.45, 7) is 2.03. The number of H-pyrrole nitrogens is 1. The fraction of sp³-hybridized carbons (Fsp3) is 0.182. The molecule has 4 heteroatoms. The van der Waals surface area contributed by atoms with E-state index in [-0.39, 0.29) is 0 Å². The molecule has 0 atom stereocenters. The van der Waals surface area contributed by atoms with Gasteiger partial charge in [-0.3, -0.25) is 0 Å². The van der Waals surface area contributed by atoms with Crippen molar-refractivity contribution in [3.8, 4) is 11.3 Å². The molecule has 0 saturated heterocycles. The molecule has 0 bridgehead atoms. The average Bonchev–Trinajstić information content (AvgIpc) is 2.61. The molecule has 0 aliphatic heterocycles. The molecule has 2 aromatic rings. The second-order valence-corrected chi connectivity index (χ2v) is 3.70. The molecule has 1 aromatic carbocycles. The number of rotatable bonds is 2. The molecule has 0 aliphatic carbocycles. The molecule has 0 radical (unpaired) electrons. The molecule has 78 valence electrons. The zero-order valence-corrected chi connectivity index (χ0v) is 9.17. The van der Waals surface area contributed by atoms with E-state index in [0.717, 1.165) is 29.2 Å². The first-order valence-electron chi connectivity index (χ1n) is 4.81. The fourth-order valence-corrected chi connectivity index (χ4v) is 1.66. The van der Waals surface area contributed by atoms with Crippen molar-refractivity contribution in [2.45, 2.75) is 13.3 Å². The van der Waals surface area contributed by atoms with E-state index in [9.17, 15) is 0 Å². The van der Waals surface area contributed by atoms with E-state index in [4.69, 9.17) is 17.3 Å². The summed E-state index contributed by atoms with van der Waals surface area (Å²) in [5.41, 5.74) is 8.11. The maximum Gasteiger partial charge on any atom is 0.134 e. The van der Waals surface area contributed by atoms with Gasteiger partial charge in [-0.2, -0.15) is 0 Å². The van der Waals surface area contributed by atoms with E-state index < -0.39 is 0 Å². The Balaban J connectivity index is 2.44. The molecule has 1 aromatic heterocycles. The van der Waals surface area contributed by atoms with Crippen molar-refractivity contribution in [2.75, 3.05) is 5.73 Å². The Bertz CT molecular complexity index is 459. The third kappa shape index (κ3) is 1.97. The van der Waals surface area contributed by atoms with Gasteiger partial charge in [0.2, 0.25) is 0 Å². The normalized spacial score (nSPS) is 10.5. The maximum absolute atomic E-state index is 6.05. The van der Waals surface area contributed by atoms with Gasteiger partial charge in [-0.05, 0) is 12.1 Å². The lowest BCUT2D eigenvalue weighted by Crippen LogP contribution is -1.85. The van der Waals surface area contributed by atoms with Crippen LogP contribution < -0.4 is 5.73 Å². The quantitative estimate of drug-likeness (QED) is 0.767. The van der Waals surface area contributed by atoms with Gasteiger partial charge < -0.3 is 10.7 Å². The van der Waals surface area contributed by atoms with E-state index in [1.165, 1.54) is 0 Å². The van der Waals surface area contributed by atoms with Crippen LogP contribution in [0, 0.1) is 0 Å². The molecule has 0 amide bonds. The van der Waals surface area contributed by atoms with Crippen LogP contribution in [0.25, 0.3) is 11.3 Å². The molecule has 1 heterocycles. The summed E-state index contributed by atoms with van der Waals surface area (Å²) in [7, 11) is 0. The van der Waals surface area contributed by atoms with Crippen molar-refractivity contribution < 1.29 is 0 Å². The predicted octanol–water partition coefficient (Wildman–Crippen LogP) is 2.87. The number of halogens is 1. The largest absolute Gasteiger partial charge is 0.399 e. The monoisotopic (exact) mass is 221 g/mol. The highest BCUT2D eigenvalue weighted by Gasteiger charge is 2.08. The number of nitrogens with one attached hydrogen (secondary N) is 1. The number of imidazole rings is 1. The summed E-state index contributed by atoms with van der Waals surface area (Å²) in [6, 6.07) is 7.51. The number of aromatic amines is 1. The van der Waals surface area contributed by atoms with Gasteiger partial charge >= 0.3 is 0 Å². The minimum Gasteiger partial charge on any atom is -0.399 e. The average molecular weight is 222 g/mol. The van der Waals surface area contributed by atoms with Gasteiger partial charge in [-0.1, -0.05) is 30.7 Å². The number of anilines is 1. The Morgan fingerprint density at radius 3 is 2.53 bits per heavy atom. The van der Waals surface area contributed by atoms with Crippen LogP contribution in [0.1, 0.15) is 12.7 Å². The zero-order chi connectivity index (χ0) is 10.8. The molecule has 0 saturated carbocycles. The molecular formula is C11H12ClN3. The van der Waals surface area contributed by atoms with Gasteiger partial charge in [0, 0.05) is 17.7 Å². The van der Waals surface area contributed by atoms with Crippen LogP contribution in [0.5, 0.6) is 0 Å². The molecule has 3 N–H and O–H groups in total. The minimum atomic E-state index is 0.580. The minimum absolute atomic E-state index is 0.580. The third-order valence-electron chi connectivity index (χ3n) is 2.23. The lowest BCUT2D eigenvalue weighted by atomic mass is 10.1. The number of hydrogen-bond donors (Lipinski definition) is 2. The molecular weight excluding hydrogens is 210 g/mol. The molecule has 0 unspecified atom stereocenters. The lowest BCUT2D eigenvalue weighted by Gasteiger charge is -1.97. The van der Waals surface area contributed by atoms with Crippen LogP contribution in [0.3, 0.4) is 0 Å². The van der Waals surface area contributed by atoms with Crippen LogP contribution in [-0.2, 0) is 6.42 Å². The van der Waals surface area contributed by atoms with Gasteiger partial charge in [-0.25, -0.2) is 4.98 Å². The molecule has 15 heavy (non-hydrogen) atoms. The van der Waals surface area contributed by atoms with Gasteiger partial charge in [-0.15, -0.1) is 0 Å². The second-order valence-electron chi connectivity index (χ2n) is 3.32. The summed E-state index contributed by atoms with van der Waals surface area (Å²) >= 11 is 6.05. The first-order chi connectivity index (χ1) is 7.20. The number of hydrogen-bond acceptors (Lipinski definition) is 2. The highest BCUT2D eigenvalue weighted by atomic mass is 35.5. The molecule has 0 aliphatic rings. The number of nitrogen functional groups attached to an aromatic ring is 1. The van der Waals surface area contributed by atoms with E-state index in [2.05, 4.69) is 9.97 Å². The van der Waals surface area contributed by atoms with Crippen molar-refractivity contribution in [1.82, 2.24) is 9.97 Å². The van der Waals surface area contributed by atoms with E-state index >= 15 is 0 Å². The number of nitrogens with zero attached hydrogens (tertiary/aromatic N) is 1. The number of benzene rings is 1. The molecule has 0 fully saturated rings. The smallest absolute Gasteiger partial charge is 0.134 e. The van der Waals surface area contributed by atoms with Crippen molar-refractivity contribution in [3.63, 3.8) is 0 Å². The van der Waals surface area contributed by atoms with Crippen LogP contribution in [0.2, 0.25) is 5.15 Å². The van der Waals surface area contributed by atoms with Gasteiger partial charge in [0.25, 0.3) is 0 Å². The van der Waals surface area contributed by atoms with Crippen molar-refractivity contribution >= 4 is 17.3 Å². The summed E-state index contributed by atoms with van der Waals surface area (Å²) in [5.74, 6) is 0.895. The Hall–Kier alpha value is -1.48. The van der Waals surface area contributed by atoms with Gasteiger partial charge in [0.15, 0.2) is 0 Å². The Labute approximate surface area is 93.3 Å². The molecule has 3 nitrogen and oxygen atoms in total. The standard InChI is InChI=1S/C11H12ClN3/c1-2-9-14-10(11(12)15-9)7-3-5-8(13)6-4-7/h3-6H,2,13H2,1H3,(H,14,15). The van der Waals surface area contributed by atoms with Crippen molar-refractivity contribution in [1.29, 1.82) is 0 Å². The highest BCUT2D eigenvalue weighted by Crippen LogP contribution is 2.26. The fourth-order valence-electron chi connectivity index (χ4n) is 1.40. The lowest BCUT2D eigenvalue weighted by molar-refractivity contribution is 0.991. The first-order valence-corrected chi connectivity index (χ1v) is 5.18. The van der Waals surface area contributed by atoms with Crippen LogP contribution in [-0.4, -0.2) is 9.97 Å². The number of aromatic nitrogens is 2. The van der Waals surface area contributed by atoms with Crippen molar-refractivity contribution in [3.05, 3.63) is 35.2 Å². The third-order valence-corrected chi connectivity index (χ3v) is 2.50.